The second kappa shape index (κ2) is 8.78. The van der Waals surface area contributed by atoms with Crippen LogP contribution in [0.3, 0.4) is 0 Å². The Morgan fingerprint density at radius 1 is 1.25 bits per heavy atom. The first-order valence-corrected chi connectivity index (χ1v) is 14.6. The highest BCUT2D eigenvalue weighted by Crippen LogP contribution is 2.43. The van der Waals surface area contributed by atoms with Gasteiger partial charge in [0, 0.05) is 18.1 Å². The molecule has 3 rings (SSSR count). The maximum absolute atomic E-state index is 12.6. The van der Waals surface area contributed by atoms with Gasteiger partial charge in [-0.1, -0.05) is 20.8 Å². The van der Waals surface area contributed by atoms with Crippen molar-refractivity contribution >= 4 is 20.0 Å². The van der Waals surface area contributed by atoms with Crippen LogP contribution in [0.1, 0.15) is 84.1 Å². The predicted octanol–water partition coefficient (Wildman–Crippen LogP) is 5.77. The van der Waals surface area contributed by atoms with Crippen molar-refractivity contribution in [1.29, 1.82) is 0 Å². The Kier molecular flexibility index (Phi) is 6.78. The molecule has 0 saturated heterocycles. The number of aryl methyl sites for hydroxylation is 1. The van der Waals surface area contributed by atoms with Gasteiger partial charge in [-0.15, -0.1) is 0 Å². The highest BCUT2D eigenvalue weighted by molar-refractivity contribution is 6.74. The monoisotopic (exact) mass is 460 g/mol. The molecule has 1 fully saturated rings. The number of anilines is 1. The molecular formula is C24H40N4O3Si. The van der Waals surface area contributed by atoms with Gasteiger partial charge in [-0.2, -0.15) is 5.10 Å². The lowest BCUT2D eigenvalue weighted by Gasteiger charge is -2.38. The summed E-state index contributed by atoms with van der Waals surface area (Å²) in [6.07, 6.45) is 5.12. The zero-order valence-corrected chi connectivity index (χ0v) is 22.2. The smallest absolute Gasteiger partial charge is 0.234 e. The third-order valence-corrected chi connectivity index (χ3v) is 11.2. The molecule has 0 unspecified atom stereocenters. The summed E-state index contributed by atoms with van der Waals surface area (Å²) in [4.78, 5) is 16.8. The maximum atomic E-state index is 12.6. The number of hydrogen-bond acceptors (Lipinski definition) is 5. The predicted molar refractivity (Wildman–Crippen MR) is 129 cm³/mol. The number of aromatic nitrogens is 3. The molecule has 32 heavy (non-hydrogen) atoms. The molecule has 2 atom stereocenters. The molecule has 8 heteroatoms. The summed E-state index contributed by atoms with van der Waals surface area (Å²) >= 11 is 0. The quantitative estimate of drug-likeness (QED) is 0.553. The van der Waals surface area contributed by atoms with Crippen molar-refractivity contribution in [3.05, 3.63) is 29.6 Å². The Morgan fingerprint density at radius 3 is 2.50 bits per heavy atom. The number of amides is 1. The molecule has 178 valence electrons. The fourth-order valence-corrected chi connectivity index (χ4v) is 5.32. The van der Waals surface area contributed by atoms with Crippen LogP contribution < -0.4 is 5.32 Å². The summed E-state index contributed by atoms with van der Waals surface area (Å²) in [6, 6.07) is 2.03. The van der Waals surface area contributed by atoms with Crippen molar-refractivity contribution in [1.82, 2.24) is 14.8 Å². The minimum absolute atomic E-state index is 0.102. The van der Waals surface area contributed by atoms with E-state index in [4.69, 9.17) is 13.9 Å². The average Bonchev–Trinajstić information content (AvgIpc) is 3.33. The Morgan fingerprint density at radius 2 is 1.94 bits per heavy atom. The lowest BCUT2D eigenvalue weighted by molar-refractivity contribution is -0.115. The van der Waals surface area contributed by atoms with Crippen LogP contribution in [0.4, 0.5) is 5.82 Å². The van der Waals surface area contributed by atoms with Crippen LogP contribution in [0.5, 0.6) is 0 Å². The first-order valence-electron chi connectivity index (χ1n) is 11.6. The fraction of sp³-hybridized carbons (Fsp3) is 0.708. The molecule has 7 nitrogen and oxygen atoms in total. The first-order chi connectivity index (χ1) is 14.7. The van der Waals surface area contributed by atoms with E-state index in [2.05, 4.69) is 64.9 Å². The van der Waals surface area contributed by atoms with Gasteiger partial charge in [-0.3, -0.25) is 4.79 Å². The number of hydrogen-bond donors (Lipinski definition) is 1. The minimum Gasteiger partial charge on any atom is -0.445 e. The van der Waals surface area contributed by atoms with Gasteiger partial charge < -0.3 is 14.2 Å². The largest absolute Gasteiger partial charge is 0.445 e. The molecule has 0 aliphatic heterocycles. The molecule has 1 saturated carbocycles. The highest BCUT2D eigenvalue weighted by atomic mass is 28.4. The van der Waals surface area contributed by atoms with Gasteiger partial charge in [0.05, 0.1) is 17.4 Å². The molecule has 1 aliphatic carbocycles. The number of carbonyl (C=O) groups excluding carboxylic acids is 1. The summed E-state index contributed by atoms with van der Waals surface area (Å²) in [5, 5.41) is 8.16. The van der Waals surface area contributed by atoms with Crippen molar-refractivity contribution < 1.29 is 13.6 Å². The number of nitrogens with zero attached hydrogens (tertiary/aromatic N) is 3. The van der Waals surface area contributed by atoms with Crippen LogP contribution in [0, 0.1) is 6.92 Å². The molecule has 2 aromatic heterocycles. The molecule has 2 aromatic rings. The van der Waals surface area contributed by atoms with E-state index < -0.39 is 8.32 Å². The maximum Gasteiger partial charge on any atom is 0.234 e. The van der Waals surface area contributed by atoms with Crippen molar-refractivity contribution in [2.24, 2.45) is 0 Å². The number of carbonyl (C=O) groups is 1. The molecule has 0 radical (unpaired) electrons. The van der Waals surface area contributed by atoms with E-state index in [1.54, 1.807) is 6.20 Å². The van der Waals surface area contributed by atoms with Gasteiger partial charge in [0.25, 0.3) is 0 Å². The Balaban J connectivity index is 1.73. The Bertz CT molecular complexity index is 949. The van der Waals surface area contributed by atoms with E-state index >= 15 is 0 Å². The zero-order valence-electron chi connectivity index (χ0n) is 21.2. The first kappa shape index (κ1) is 24.7. The van der Waals surface area contributed by atoms with Gasteiger partial charge in [-0.25, -0.2) is 9.67 Å². The number of rotatable bonds is 6. The van der Waals surface area contributed by atoms with Gasteiger partial charge in [0.2, 0.25) is 11.8 Å². The topological polar surface area (TPSA) is 82.2 Å². The van der Waals surface area contributed by atoms with E-state index in [0.29, 0.717) is 17.6 Å². The minimum atomic E-state index is -1.79. The van der Waals surface area contributed by atoms with Crippen LogP contribution in [-0.4, -0.2) is 35.1 Å². The van der Waals surface area contributed by atoms with Gasteiger partial charge in [0.15, 0.2) is 8.32 Å². The number of oxazole rings is 1. The standard InChI is InChI=1S/C24H40N4O3Si/c1-16-15-25-22(30-16)14-21(29)26-20-13-19(27-28(20)23(2,3)4)17-10-11-18(12-17)31-32(8,9)24(5,6)7/h13,15,17-18H,10-12,14H2,1-9H3,(H,26,29)/t17-,18+/m0/s1. The van der Waals surface area contributed by atoms with Crippen LogP contribution in [0.2, 0.25) is 18.1 Å². The second-order valence-electron chi connectivity index (χ2n) is 11.6. The molecule has 0 spiro atoms. The van der Waals surface area contributed by atoms with E-state index in [0.717, 1.165) is 30.8 Å². The third kappa shape index (κ3) is 5.70. The molecule has 0 bridgehead atoms. The lowest BCUT2D eigenvalue weighted by Crippen LogP contribution is -2.43. The van der Waals surface area contributed by atoms with Gasteiger partial charge in [0.1, 0.15) is 18.0 Å². The molecular weight excluding hydrogens is 420 g/mol. The summed E-state index contributed by atoms with van der Waals surface area (Å²) in [6.45, 7) is 19.6. The molecule has 1 aliphatic rings. The summed E-state index contributed by atoms with van der Waals surface area (Å²) in [5.41, 5.74) is 0.777. The lowest BCUT2D eigenvalue weighted by atomic mass is 10.0. The van der Waals surface area contributed by atoms with Crippen molar-refractivity contribution in [3.63, 3.8) is 0 Å². The highest BCUT2D eigenvalue weighted by Gasteiger charge is 2.41. The molecule has 2 heterocycles. The second-order valence-corrected chi connectivity index (χ2v) is 16.4. The van der Waals surface area contributed by atoms with Gasteiger partial charge in [-0.05, 0) is 65.1 Å². The Labute approximate surface area is 193 Å². The third-order valence-electron chi connectivity index (χ3n) is 6.68. The molecule has 1 N–H and O–H groups in total. The summed E-state index contributed by atoms with van der Waals surface area (Å²) in [7, 11) is -1.79. The molecule has 1 amide bonds. The Hall–Kier alpha value is -1.93. The van der Waals surface area contributed by atoms with Crippen LogP contribution >= 0.6 is 0 Å². The van der Waals surface area contributed by atoms with E-state index in [-0.39, 0.29) is 29.0 Å². The van der Waals surface area contributed by atoms with E-state index in [1.165, 1.54) is 0 Å². The summed E-state index contributed by atoms with van der Waals surface area (Å²) < 4.78 is 14.0. The van der Waals surface area contributed by atoms with E-state index in [9.17, 15) is 4.79 Å². The number of nitrogens with one attached hydrogen (secondary N) is 1. The normalized spacial score (nSPS) is 20.0. The summed E-state index contributed by atoms with van der Waals surface area (Å²) in [5.74, 6) is 2.02. The zero-order chi connectivity index (χ0) is 23.9. The van der Waals surface area contributed by atoms with Crippen molar-refractivity contribution in [3.8, 4) is 0 Å². The van der Waals surface area contributed by atoms with Crippen molar-refractivity contribution in [2.45, 2.75) is 110 Å². The average molecular weight is 461 g/mol. The fourth-order valence-electron chi connectivity index (χ4n) is 3.92. The molecule has 0 aromatic carbocycles. The SMILES string of the molecule is Cc1cnc(CC(=O)Nc2cc([C@H]3CC[C@@H](O[Si](C)(C)C(C)(C)C)C3)nn2C(C)(C)C)o1. The van der Waals surface area contributed by atoms with Gasteiger partial charge >= 0.3 is 0 Å². The van der Waals surface area contributed by atoms with Crippen LogP contribution in [0.15, 0.2) is 16.7 Å². The van der Waals surface area contributed by atoms with Crippen molar-refractivity contribution in [2.75, 3.05) is 5.32 Å². The van der Waals surface area contributed by atoms with Crippen LogP contribution in [-0.2, 0) is 21.2 Å². The van der Waals surface area contributed by atoms with Crippen LogP contribution in [0.25, 0.3) is 0 Å². The van der Waals surface area contributed by atoms with E-state index in [1.807, 2.05) is 17.7 Å².